The van der Waals surface area contributed by atoms with Crippen LogP contribution in [0.4, 0.5) is 0 Å². The summed E-state index contributed by atoms with van der Waals surface area (Å²) in [7, 11) is 0. The zero-order valence-electron chi connectivity index (χ0n) is 9.74. The van der Waals surface area contributed by atoms with Crippen molar-refractivity contribution < 1.29 is 9.47 Å². The molecule has 0 aliphatic rings. The average molecular weight is 240 g/mol. The van der Waals surface area contributed by atoms with Crippen LogP contribution in [-0.4, -0.2) is 18.2 Å². The van der Waals surface area contributed by atoms with E-state index in [4.69, 9.17) is 14.7 Å². The molecular formula is C14H12N2O2. The smallest absolute Gasteiger partial charge is 0.182 e. The van der Waals surface area contributed by atoms with Crippen LogP contribution in [-0.2, 0) is 0 Å². The summed E-state index contributed by atoms with van der Waals surface area (Å²) in [6.07, 6.45) is 1.56. The third-order valence-corrected chi connectivity index (χ3v) is 2.23. The number of pyridine rings is 1. The molecule has 0 fully saturated rings. The highest BCUT2D eigenvalue weighted by Crippen LogP contribution is 2.14. The van der Waals surface area contributed by atoms with Gasteiger partial charge in [0.15, 0.2) is 11.4 Å². The Morgan fingerprint density at radius 1 is 1.00 bits per heavy atom. The first-order chi connectivity index (χ1) is 8.90. The Kier molecular flexibility index (Phi) is 4.15. The van der Waals surface area contributed by atoms with Crippen molar-refractivity contribution >= 4 is 0 Å². The first-order valence-corrected chi connectivity index (χ1v) is 5.56. The van der Waals surface area contributed by atoms with E-state index in [1.54, 1.807) is 18.3 Å². The number of ether oxygens (including phenoxy) is 2. The minimum Gasteiger partial charge on any atom is -0.490 e. The summed E-state index contributed by atoms with van der Waals surface area (Å²) in [4.78, 5) is 3.91. The van der Waals surface area contributed by atoms with E-state index in [1.807, 2.05) is 36.4 Å². The summed E-state index contributed by atoms with van der Waals surface area (Å²) in [5, 5.41) is 8.83. The van der Waals surface area contributed by atoms with Crippen molar-refractivity contribution in [3.8, 4) is 17.6 Å². The lowest BCUT2D eigenvalue weighted by Crippen LogP contribution is -2.09. The van der Waals surface area contributed by atoms with Gasteiger partial charge in [-0.15, -0.1) is 0 Å². The molecule has 0 N–H and O–H groups in total. The zero-order chi connectivity index (χ0) is 12.6. The molecule has 2 aromatic rings. The minimum absolute atomic E-state index is 0.289. The standard InChI is InChI=1S/C14H12N2O2/c15-11-13-14(7-4-8-16-13)18-10-9-17-12-5-2-1-3-6-12/h1-8H,9-10H2. The number of nitriles is 1. The van der Waals surface area contributed by atoms with Crippen molar-refractivity contribution in [2.75, 3.05) is 13.2 Å². The van der Waals surface area contributed by atoms with Crippen LogP contribution < -0.4 is 9.47 Å². The SMILES string of the molecule is N#Cc1ncccc1OCCOc1ccccc1. The number of para-hydroxylation sites is 1. The maximum Gasteiger partial charge on any atom is 0.182 e. The van der Waals surface area contributed by atoms with Crippen LogP contribution in [0.2, 0.25) is 0 Å². The van der Waals surface area contributed by atoms with Gasteiger partial charge >= 0.3 is 0 Å². The summed E-state index contributed by atoms with van der Waals surface area (Å²) in [6.45, 7) is 0.791. The highest BCUT2D eigenvalue weighted by molar-refractivity contribution is 5.36. The number of hydrogen-bond acceptors (Lipinski definition) is 4. The number of benzene rings is 1. The number of nitrogens with zero attached hydrogens (tertiary/aromatic N) is 2. The predicted molar refractivity (Wildman–Crippen MR) is 66.4 cm³/mol. The first-order valence-electron chi connectivity index (χ1n) is 5.56. The maximum atomic E-state index is 8.83. The molecule has 0 saturated carbocycles. The van der Waals surface area contributed by atoms with E-state index in [-0.39, 0.29) is 5.69 Å². The molecule has 2 rings (SSSR count). The lowest BCUT2D eigenvalue weighted by atomic mass is 10.3. The van der Waals surface area contributed by atoms with Crippen molar-refractivity contribution in [3.63, 3.8) is 0 Å². The fourth-order valence-electron chi connectivity index (χ4n) is 1.42. The van der Waals surface area contributed by atoms with Gasteiger partial charge in [0.1, 0.15) is 25.0 Å². The van der Waals surface area contributed by atoms with E-state index in [2.05, 4.69) is 4.98 Å². The summed E-state index contributed by atoms with van der Waals surface area (Å²) in [5.41, 5.74) is 0.289. The summed E-state index contributed by atoms with van der Waals surface area (Å²) in [5.74, 6) is 1.28. The molecule has 0 saturated heterocycles. The molecule has 0 atom stereocenters. The van der Waals surface area contributed by atoms with Crippen LogP contribution in [0.15, 0.2) is 48.7 Å². The van der Waals surface area contributed by atoms with Crippen LogP contribution in [0.3, 0.4) is 0 Å². The van der Waals surface area contributed by atoms with Crippen molar-refractivity contribution in [2.45, 2.75) is 0 Å². The van der Waals surface area contributed by atoms with Gasteiger partial charge in [-0.2, -0.15) is 5.26 Å². The molecule has 0 radical (unpaired) electrons. The quantitative estimate of drug-likeness (QED) is 0.753. The van der Waals surface area contributed by atoms with Crippen molar-refractivity contribution in [1.29, 1.82) is 5.26 Å². The average Bonchev–Trinajstić information content (AvgIpc) is 2.45. The second-order valence-corrected chi connectivity index (χ2v) is 3.47. The highest BCUT2D eigenvalue weighted by Gasteiger charge is 2.02. The van der Waals surface area contributed by atoms with Crippen LogP contribution in [0.5, 0.6) is 11.5 Å². The summed E-state index contributed by atoms with van der Waals surface area (Å²) >= 11 is 0. The number of hydrogen-bond donors (Lipinski definition) is 0. The van der Waals surface area contributed by atoms with Crippen LogP contribution in [0.25, 0.3) is 0 Å². The Bertz CT molecular complexity index is 535. The van der Waals surface area contributed by atoms with E-state index < -0.39 is 0 Å². The molecule has 90 valence electrons. The molecule has 1 aromatic carbocycles. The highest BCUT2D eigenvalue weighted by atomic mass is 16.5. The largest absolute Gasteiger partial charge is 0.490 e. The van der Waals surface area contributed by atoms with Gasteiger partial charge in [-0.1, -0.05) is 18.2 Å². The first kappa shape index (κ1) is 11.9. The van der Waals surface area contributed by atoms with Gasteiger partial charge in [-0.25, -0.2) is 4.98 Å². The van der Waals surface area contributed by atoms with E-state index >= 15 is 0 Å². The molecule has 0 unspecified atom stereocenters. The molecule has 18 heavy (non-hydrogen) atoms. The number of rotatable bonds is 5. The molecule has 0 aliphatic carbocycles. The minimum atomic E-state index is 0.289. The Morgan fingerprint density at radius 3 is 2.56 bits per heavy atom. The van der Waals surface area contributed by atoms with Crippen LogP contribution in [0.1, 0.15) is 5.69 Å². The van der Waals surface area contributed by atoms with E-state index in [0.29, 0.717) is 19.0 Å². The monoisotopic (exact) mass is 240 g/mol. The second kappa shape index (κ2) is 6.26. The molecule has 0 aliphatic heterocycles. The van der Waals surface area contributed by atoms with Gasteiger partial charge in [0, 0.05) is 6.20 Å². The zero-order valence-corrected chi connectivity index (χ0v) is 9.74. The molecule has 4 heteroatoms. The Hall–Kier alpha value is -2.54. The molecule has 0 spiro atoms. The Morgan fingerprint density at radius 2 is 1.78 bits per heavy atom. The molecule has 1 aromatic heterocycles. The van der Waals surface area contributed by atoms with E-state index in [9.17, 15) is 0 Å². The van der Waals surface area contributed by atoms with E-state index in [0.717, 1.165) is 5.75 Å². The van der Waals surface area contributed by atoms with Crippen LogP contribution in [0, 0.1) is 11.3 Å². The normalized spacial score (nSPS) is 9.50. The van der Waals surface area contributed by atoms with Gasteiger partial charge in [-0.05, 0) is 24.3 Å². The summed E-state index contributed by atoms with van der Waals surface area (Å²) in [6, 6.07) is 14.9. The van der Waals surface area contributed by atoms with Crippen molar-refractivity contribution in [1.82, 2.24) is 4.98 Å². The maximum absolute atomic E-state index is 8.83. The Balaban J connectivity index is 1.81. The number of aromatic nitrogens is 1. The van der Waals surface area contributed by atoms with Crippen molar-refractivity contribution in [3.05, 3.63) is 54.4 Å². The third kappa shape index (κ3) is 3.22. The van der Waals surface area contributed by atoms with Gasteiger partial charge < -0.3 is 9.47 Å². The topological polar surface area (TPSA) is 55.1 Å². The molecular weight excluding hydrogens is 228 g/mol. The molecule has 4 nitrogen and oxygen atoms in total. The fourth-order valence-corrected chi connectivity index (χ4v) is 1.42. The van der Waals surface area contributed by atoms with E-state index in [1.165, 1.54) is 0 Å². The third-order valence-electron chi connectivity index (χ3n) is 2.23. The molecule has 0 bridgehead atoms. The predicted octanol–water partition coefficient (Wildman–Crippen LogP) is 2.41. The lowest BCUT2D eigenvalue weighted by molar-refractivity contribution is 0.216. The summed E-state index contributed by atoms with van der Waals surface area (Å²) < 4.78 is 10.9. The van der Waals surface area contributed by atoms with Gasteiger partial charge in [0.25, 0.3) is 0 Å². The molecule has 1 heterocycles. The molecule has 0 amide bonds. The second-order valence-electron chi connectivity index (χ2n) is 3.47. The van der Waals surface area contributed by atoms with Crippen molar-refractivity contribution in [2.24, 2.45) is 0 Å². The van der Waals surface area contributed by atoms with Gasteiger partial charge in [0.2, 0.25) is 0 Å². The van der Waals surface area contributed by atoms with Gasteiger partial charge in [-0.3, -0.25) is 0 Å². The van der Waals surface area contributed by atoms with Gasteiger partial charge in [0.05, 0.1) is 0 Å². The lowest BCUT2D eigenvalue weighted by Gasteiger charge is -2.08. The fraction of sp³-hybridized carbons (Fsp3) is 0.143. The van der Waals surface area contributed by atoms with Crippen LogP contribution >= 0.6 is 0 Å². The Labute approximate surface area is 105 Å².